The highest BCUT2D eigenvalue weighted by atomic mass is 15.2. The molecule has 10 rings (SSSR count). The van der Waals surface area contributed by atoms with Crippen LogP contribution < -0.4 is 0 Å². The number of benzene rings is 7. The van der Waals surface area contributed by atoms with Gasteiger partial charge in [0.25, 0.3) is 0 Å². The Balaban J connectivity index is 1.27. The van der Waals surface area contributed by atoms with Gasteiger partial charge in [-0.2, -0.15) is 9.97 Å². The van der Waals surface area contributed by atoms with E-state index in [4.69, 9.17) is 19.9 Å². The molecule has 0 fully saturated rings. The molecular formula is C44H28N6. The largest absolute Gasteiger partial charge is 0.292 e. The van der Waals surface area contributed by atoms with E-state index in [1.54, 1.807) is 0 Å². The molecule has 7 aromatic carbocycles. The van der Waals surface area contributed by atoms with Gasteiger partial charge in [-0.15, -0.1) is 0 Å². The van der Waals surface area contributed by atoms with Gasteiger partial charge in [0, 0.05) is 38.5 Å². The summed E-state index contributed by atoms with van der Waals surface area (Å²) in [7, 11) is 0. The molecule has 3 aromatic heterocycles. The van der Waals surface area contributed by atoms with Gasteiger partial charge in [0.05, 0.1) is 22.1 Å². The second-order valence-corrected chi connectivity index (χ2v) is 12.3. The van der Waals surface area contributed by atoms with Crippen molar-refractivity contribution in [2.75, 3.05) is 0 Å². The van der Waals surface area contributed by atoms with E-state index in [1.165, 1.54) is 0 Å². The third-order valence-corrected chi connectivity index (χ3v) is 9.39. The van der Waals surface area contributed by atoms with Crippen LogP contribution >= 0.6 is 0 Å². The predicted molar refractivity (Wildman–Crippen MR) is 203 cm³/mol. The van der Waals surface area contributed by atoms with Crippen LogP contribution in [-0.2, 0) is 0 Å². The molecule has 50 heavy (non-hydrogen) atoms. The van der Waals surface area contributed by atoms with Crippen LogP contribution in [0.5, 0.6) is 0 Å². The van der Waals surface area contributed by atoms with E-state index < -0.39 is 0 Å². The third-order valence-electron chi connectivity index (χ3n) is 9.39. The second-order valence-electron chi connectivity index (χ2n) is 12.3. The zero-order chi connectivity index (χ0) is 33.0. The number of imidazole rings is 1. The average Bonchev–Trinajstić information content (AvgIpc) is 3.76. The van der Waals surface area contributed by atoms with Crippen LogP contribution in [0.4, 0.5) is 0 Å². The van der Waals surface area contributed by atoms with Gasteiger partial charge in [-0.3, -0.25) is 9.13 Å². The van der Waals surface area contributed by atoms with Crippen molar-refractivity contribution in [3.8, 4) is 45.8 Å². The second kappa shape index (κ2) is 11.4. The van der Waals surface area contributed by atoms with Crippen molar-refractivity contribution in [3.05, 3.63) is 170 Å². The van der Waals surface area contributed by atoms with E-state index in [9.17, 15) is 0 Å². The highest BCUT2D eigenvalue weighted by molar-refractivity contribution is 6.25. The number of hydrogen-bond acceptors (Lipinski definition) is 4. The maximum absolute atomic E-state index is 5.35. The van der Waals surface area contributed by atoms with Gasteiger partial charge >= 0.3 is 0 Å². The van der Waals surface area contributed by atoms with Crippen molar-refractivity contribution >= 4 is 43.6 Å². The highest BCUT2D eigenvalue weighted by Crippen LogP contribution is 2.40. The molecule has 0 saturated heterocycles. The lowest BCUT2D eigenvalue weighted by molar-refractivity contribution is 0.953. The molecule has 3 heterocycles. The fraction of sp³-hybridized carbons (Fsp3) is 0. The maximum atomic E-state index is 5.35. The molecule has 0 atom stereocenters. The van der Waals surface area contributed by atoms with E-state index in [-0.39, 0.29) is 0 Å². The first-order chi connectivity index (χ1) is 24.8. The van der Waals surface area contributed by atoms with E-state index in [0.29, 0.717) is 17.6 Å². The molecule has 0 amide bonds. The molecule has 0 aliphatic rings. The smallest absolute Gasteiger partial charge is 0.238 e. The third kappa shape index (κ3) is 4.43. The molecule has 0 spiro atoms. The van der Waals surface area contributed by atoms with Crippen molar-refractivity contribution < 1.29 is 0 Å². The summed E-state index contributed by atoms with van der Waals surface area (Å²) in [6, 6.07) is 58.4. The van der Waals surface area contributed by atoms with Gasteiger partial charge in [-0.25, -0.2) is 9.97 Å². The lowest BCUT2D eigenvalue weighted by atomic mass is 10.0. The summed E-state index contributed by atoms with van der Waals surface area (Å²) in [6.45, 7) is 0. The normalized spacial score (nSPS) is 11.6. The van der Waals surface area contributed by atoms with Crippen LogP contribution in [0, 0.1) is 0 Å². The number of nitrogens with zero attached hydrogens (tertiary/aromatic N) is 6. The fourth-order valence-corrected chi connectivity index (χ4v) is 7.15. The van der Waals surface area contributed by atoms with Crippen LogP contribution in [0.1, 0.15) is 0 Å². The van der Waals surface area contributed by atoms with Crippen LogP contribution in [0.2, 0.25) is 0 Å². The Kier molecular flexibility index (Phi) is 6.39. The number of aromatic nitrogens is 6. The SMILES string of the molecule is c1ccc(-c2nc(-c3ccccc3)nc(-n3c4ccccc4c4c5ccc6c(nc(-c7ccccc7)n6-c6ccccc6)c5ccc43)n2)cc1. The van der Waals surface area contributed by atoms with E-state index >= 15 is 0 Å². The van der Waals surface area contributed by atoms with Gasteiger partial charge in [0.15, 0.2) is 11.6 Å². The molecule has 0 unspecified atom stereocenters. The highest BCUT2D eigenvalue weighted by Gasteiger charge is 2.22. The number of hydrogen-bond donors (Lipinski definition) is 0. The van der Waals surface area contributed by atoms with Crippen molar-refractivity contribution in [3.63, 3.8) is 0 Å². The van der Waals surface area contributed by atoms with Crippen molar-refractivity contribution in [2.45, 2.75) is 0 Å². The van der Waals surface area contributed by atoms with Gasteiger partial charge < -0.3 is 0 Å². The quantitative estimate of drug-likeness (QED) is 0.188. The minimum Gasteiger partial charge on any atom is -0.292 e. The van der Waals surface area contributed by atoms with Crippen molar-refractivity contribution in [2.24, 2.45) is 0 Å². The van der Waals surface area contributed by atoms with Crippen molar-refractivity contribution in [1.82, 2.24) is 29.1 Å². The molecule has 0 aliphatic carbocycles. The lowest BCUT2D eigenvalue weighted by Crippen LogP contribution is -2.06. The Morgan fingerprint density at radius 2 is 0.880 bits per heavy atom. The molecule has 10 aromatic rings. The summed E-state index contributed by atoms with van der Waals surface area (Å²) < 4.78 is 4.44. The molecule has 0 aliphatic heterocycles. The monoisotopic (exact) mass is 640 g/mol. The molecular weight excluding hydrogens is 613 g/mol. The zero-order valence-electron chi connectivity index (χ0n) is 26.8. The standard InChI is InChI=1S/C44H28N6/c1-5-15-29(16-6-1)41-46-42(30-17-7-2-8-18-30)48-44(47-41)50-36-24-14-13-23-35(36)39-33-25-28-38-40(34(33)26-27-37(39)50)45-43(31-19-9-3-10-20-31)49(38)32-21-11-4-12-22-32/h1-28H. The molecule has 234 valence electrons. The Hall–Kier alpha value is -6.92. The molecule has 0 radical (unpaired) electrons. The summed E-state index contributed by atoms with van der Waals surface area (Å²) >= 11 is 0. The van der Waals surface area contributed by atoms with Crippen LogP contribution in [-0.4, -0.2) is 29.1 Å². The van der Waals surface area contributed by atoms with E-state index in [2.05, 4.69) is 106 Å². The van der Waals surface area contributed by atoms with Gasteiger partial charge in [-0.05, 0) is 41.8 Å². The van der Waals surface area contributed by atoms with Crippen LogP contribution in [0.15, 0.2) is 170 Å². The number of para-hydroxylation sites is 2. The lowest BCUT2D eigenvalue weighted by Gasteiger charge is -2.11. The Bertz CT molecular complexity index is 2780. The van der Waals surface area contributed by atoms with Crippen molar-refractivity contribution in [1.29, 1.82) is 0 Å². The first-order valence-corrected chi connectivity index (χ1v) is 16.7. The molecule has 6 nitrogen and oxygen atoms in total. The Labute approximate surface area is 287 Å². The van der Waals surface area contributed by atoms with Gasteiger partial charge in [0.2, 0.25) is 5.95 Å². The minimum atomic E-state index is 0.573. The first kappa shape index (κ1) is 28.1. The number of fused-ring (bicyclic) bond motifs is 7. The maximum Gasteiger partial charge on any atom is 0.238 e. The van der Waals surface area contributed by atoms with E-state index in [0.717, 1.165) is 71.8 Å². The summed E-state index contributed by atoms with van der Waals surface area (Å²) in [6.07, 6.45) is 0. The summed E-state index contributed by atoms with van der Waals surface area (Å²) in [4.78, 5) is 20.5. The Morgan fingerprint density at radius 1 is 0.340 bits per heavy atom. The summed E-state index contributed by atoms with van der Waals surface area (Å²) in [5.74, 6) is 2.74. The molecule has 6 heteroatoms. The molecule has 0 bridgehead atoms. The molecule has 0 saturated carbocycles. The van der Waals surface area contributed by atoms with E-state index in [1.807, 2.05) is 72.8 Å². The average molecular weight is 641 g/mol. The van der Waals surface area contributed by atoms with Gasteiger partial charge in [0.1, 0.15) is 5.82 Å². The van der Waals surface area contributed by atoms with Crippen LogP contribution in [0.3, 0.4) is 0 Å². The first-order valence-electron chi connectivity index (χ1n) is 16.7. The zero-order valence-corrected chi connectivity index (χ0v) is 26.8. The molecule has 0 N–H and O–H groups in total. The Morgan fingerprint density at radius 3 is 1.54 bits per heavy atom. The topological polar surface area (TPSA) is 61.4 Å². The minimum absolute atomic E-state index is 0.573. The number of rotatable bonds is 5. The summed E-state index contributed by atoms with van der Waals surface area (Å²) in [5, 5.41) is 4.48. The van der Waals surface area contributed by atoms with Crippen LogP contribution in [0.25, 0.3) is 89.4 Å². The predicted octanol–water partition coefficient (Wildman–Crippen LogP) is 10.5. The van der Waals surface area contributed by atoms with Gasteiger partial charge in [-0.1, -0.05) is 133 Å². The summed E-state index contributed by atoms with van der Waals surface area (Å²) in [5.41, 5.74) is 8.08. The fourth-order valence-electron chi connectivity index (χ4n) is 7.15.